The summed E-state index contributed by atoms with van der Waals surface area (Å²) in [5, 5.41) is 8.17. The number of nitrogens with zero attached hydrogens (tertiary/aromatic N) is 2. The van der Waals surface area contributed by atoms with Crippen molar-refractivity contribution in [2.24, 2.45) is 7.05 Å². The van der Waals surface area contributed by atoms with Crippen LogP contribution in [-0.4, -0.2) is 9.78 Å². The number of aryl methyl sites for hydroxylation is 1. The first kappa shape index (κ1) is 13.1. The van der Waals surface area contributed by atoms with E-state index in [9.17, 15) is 0 Å². The molecule has 110 valence electrons. The summed E-state index contributed by atoms with van der Waals surface area (Å²) in [5.41, 5.74) is 5.75. The van der Waals surface area contributed by atoms with Crippen molar-refractivity contribution in [2.75, 3.05) is 0 Å². The topological polar surface area (TPSA) is 29.9 Å². The Balaban J connectivity index is 1.46. The normalized spacial score (nSPS) is 21.3. The lowest BCUT2D eigenvalue weighted by atomic mass is 9.93. The second-order valence-corrected chi connectivity index (χ2v) is 6.52. The van der Waals surface area contributed by atoms with Crippen LogP contribution in [0.3, 0.4) is 0 Å². The first-order chi connectivity index (χ1) is 10.3. The third kappa shape index (κ3) is 2.62. The van der Waals surface area contributed by atoms with Crippen LogP contribution in [0.25, 0.3) is 0 Å². The van der Waals surface area contributed by atoms with E-state index < -0.39 is 0 Å². The summed E-state index contributed by atoms with van der Waals surface area (Å²) in [6.45, 7) is 0.958. The average Bonchev–Trinajstić information content (AvgIpc) is 3.30. The van der Waals surface area contributed by atoms with E-state index in [1.165, 1.54) is 54.5 Å². The predicted octanol–water partition coefficient (Wildman–Crippen LogP) is 3.46. The molecular formula is C18H23N3. The van der Waals surface area contributed by atoms with Crippen LogP contribution in [0.1, 0.15) is 60.0 Å². The zero-order valence-corrected chi connectivity index (χ0v) is 12.7. The average molecular weight is 281 g/mol. The minimum atomic E-state index is 0.465. The van der Waals surface area contributed by atoms with E-state index in [1.807, 2.05) is 10.9 Å². The van der Waals surface area contributed by atoms with Gasteiger partial charge in [-0.05, 0) is 49.1 Å². The molecule has 1 atom stereocenters. The van der Waals surface area contributed by atoms with Gasteiger partial charge in [-0.25, -0.2) is 0 Å². The molecule has 1 aromatic carbocycles. The van der Waals surface area contributed by atoms with Crippen molar-refractivity contribution in [1.29, 1.82) is 0 Å². The largest absolute Gasteiger partial charge is 0.306 e. The third-order valence-electron chi connectivity index (χ3n) is 4.93. The molecule has 1 N–H and O–H groups in total. The molecule has 0 aliphatic heterocycles. The minimum absolute atomic E-state index is 0.465. The van der Waals surface area contributed by atoms with Crippen molar-refractivity contribution in [2.45, 2.75) is 50.6 Å². The van der Waals surface area contributed by atoms with Gasteiger partial charge in [0, 0.05) is 30.9 Å². The maximum Gasteiger partial charge on any atom is 0.0540 e. The Morgan fingerprint density at radius 3 is 3.05 bits per heavy atom. The van der Waals surface area contributed by atoms with Crippen molar-refractivity contribution in [3.05, 3.63) is 52.8 Å². The number of fused-ring (bicyclic) bond motifs is 1. The first-order valence-electron chi connectivity index (χ1n) is 8.14. The van der Waals surface area contributed by atoms with Gasteiger partial charge >= 0.3 is 0 Å². The summed E-state index contributed by atoms with van der Waals surface area (Å²) in [6, 6.07) is 9.58. The molecular weight excluding hydrogens is 258 g/mol. The van der Waals surface area contributed by atoms with Crippen LogP contribution in [0.15, 0.2) is 30.5 Å². The van der Waals surface area contributed by atoms with Crippen molar-refractivity contribution < 1.29 is 0 Å². The summed E-state index contributed by atoms with van der Waals surface area (Å²) in [6.07, 6.45) is 8.44. The molecule has 1 aromatic heterocycles. The summed E-state index contributed by atoms with van der Waals surface area (Å²) < 4.78 is 2.04. The lowest BCUT2D eigenvalue weighted by molar-refractivity contribution is 0.452. The molecule has 2 aliphatic carbocycles. The van der Waals surface area contributed by atoms with Crippen LogP contribution in [0.2, 0.25) is 0 Å². The molecule has 0 saturated heterocycles. The third-order valence-corrected chi connectivity index (χ3v) is 4.93. The van der Waals surface area contributed by atoms with Crippen LogP contribution >= 0.6 is 0 Å². The molecule has 21 heavy (non-hydrogen) atoms. The fourth-order valence-corrected chi connectivity index (χ4v) is 3.53. The minimum Gasteiger partial charge on any atom is -0.306 e. The molecule has 0 amide bonds. The van der Waals surface area contributed by atoms with E-state index in [0.29, 0.717) is 6.04 Å². The molecule has 0 radical (unpaired) electrons. The van der Waals surface area contributed by atoms with Crippen LogP contribution < -0.4 is 5.32 Å². The number of nitrogens with one attached hydrogen (secondary N) is 1. The molecule has 1 heterocycles. The van der Waals surface area contributed by atoms with Crippen LogP contribution in [0, 0.1) is 0 Å². The number of rotatable bonds is 4. The summed E-state index contributed by atoms with van der Waals surface area (Å²) >= 11 is 0. The molecule has 3 nitrogen and oxygen atoms in total. The Hall–Kier alpha value is -1.61. The fourth-order valence-electron chi connectivity index (χ4n) is 3.53. The SMILES string of the molecule is Cn1ncc2c1CCCC2NCc1cccc(C2CC2)c1. The van der Waals surface area contributed by atoms with Gasteiger partial charge in [-0.2, -0.15) is 5.10 Å². The Morgan fingerprint density at radius 2 is 2.19 bits per heavy atom. The highest BCUT2D eigenvalue weighted by molar-refractivity contribution is 5.30. The Bertz CT molecular complexity index is 640. The van der Waals surface area contributed by atoms with Gasteiger partial charge in [-0.1, -0.05) is 24.3 Å². The molecule has 1 saturated carbocycles. The Labute approximate surface area is 126 Å². The summed E-state index contributed by atoms with van der Waals surface area (Å²) in [5.74, 6) is 0.838. The van der Waals surface area contributed by atoms with E-state index in [4.69, 9.17) is 0 Å². The van der Waals surface area contributed by atoms with Crippen LogP contribution in [-0.2, 0) is 20.0 Å². The number of hydrogen-bond donors (Lipinski definition) is 1. The molecule has 1 unspecified atom stereocenters. The van der Waals surface area contributed by atoms with Gasteiger partial charge in [0.25, 0.3) is 0 Å². The smallest absolute Gasteiger partial charge is 0.0540 e. The van der Waals surface area contributed by atoms with Crippen LogP contribution in [0.5, 0.6) is 0 Å². The standard InChI is InChI=1S/C18H23N3/c1-21-18-7-3-6-17(16(18)12-20-21)19-11-13-4-2-5-15(10-13)14-8-9-14/h2,4-5,10,12,14,17,19H,3,6-9,11H2,1H3. The second kappa shape index (κ2) is 5.30. The quantitative estimate of drug-likeness (QED) is 0.930. The predicted molar refractivity (Wildman–Crippen MR) is 84.1 cm³/mol. The zero-order valence-electron chi connectivity index (χ0n) is 12.7. The lowest BCUT2D eigenvalue weighted by Crippen LogP contribution is -2.24. The second-order valence-electron chi connectivity index (χ2n) is 6.52. The van der Waals surface area contributed by atoms with E-state index in [0.717, 1.165) is 12.5 Å². The molecule has 3 heteroatoms. The van der Waals surface area contributed by atoms with Gasteiger partial charge in [0.05, 0.1) is 6.20 Å². The van der Waals surface area contributed by atoms with Gasteiger partial charge in [-0.3, -0.25) is 4.68 Å². The van der Waals surface area contributed by atoms with Gasteiger partial charge in [-0.15, -0.1) is 0 Å². The van der Waals surface area contributed by atoms with Gasteiger partial charge in [0.2, 0.25) is 0 Å². The number of benzene rings is 1. The highest BCUT2D eigenvalue weighted by atomic mass is 15.3. The maximum atomic E-state index is 4.43. The molecule has 0 spiro atoms. The van der Waals surface area contributed by atoms with E-state index >= 15 is 0 Å². The Kier molecular flexibility index (Phi) is 3.30. The monoisotopic (exact) mass is 281 g/mol. The number of aromatic nitrogens is 2. The summed E-state index contributed by atoms with van der Waals surface area (Å²) in [4.78, 5) is 0. The summed E-state index contributed by atoms with van der Waals surface area (Å²) in [7, 11) is 2.06. The van der Waals surface area contributed by atoms with Gasteiger partial charge in [0.1, 0.15) is 0 Å². The van der Waals surface area contributed by atoms with Crippen molar-refractivity contribution >= 4 is 0 Å². The molecule has 2 aromatic rings. The highest BCUT2D eigenvalue weighted by Gasteiger charge is 2.24. The molecule has 0 bridgehead atoms. The Morgan fingerprint density at radius 1 is 1.29 bits per heavy atom. The van der Waals surface area contributed by atoms with E-state index in [-0.39, 0.29) is 0 Å². The van der Waals surface area contributed by atoms with Crippen LogP contribution in [0.4, 0.5) is 0 Å². The molecule has 1 fully saturated rings. The van der Waals surface area contributed by atoms with E-state index in [1.54, 1.807) is 0 Å². The maximum absolute atomic E-state index is 4.43. The zero-order chi connectivity index (χ0) is 14.2. The molecule has 2 aliphatic rings. The van der Waals surface area contributed by atoms with Crippen molar-refractivity contribution in [3.63, 3.8) is 0 Å². The first-order valence-corrected chi connectivity index (χ1v) is 8.14. The van der Waals surface area contributed by atoms with Gasteiger partial charge < -0.3 is 5.32 Å². The van der Waals surface area contributed by atoms with E-state index in [2.05, 4.69) is 41.7 Å². The molecule has 4 rings (SSSR count). The van der Waals surface area contributed by atoms with Gasteiger partial charge in [0.15, 0.2) is 0 Å². The van der Waals surface area contributed by atoms with Crippen molar-refractivity contribution in [3.8, 4) is 0 Å². The van der Waals surface area contributed by atoms with Crippen molar-refractivity contribution in [1.82, 2.24) is 15.1 Å². The lowest BCUT2D eigenvalue weighted by Gasteiger charge is -2.24. The number of hydrogen-bond acceptors (Lipinski definition) is 2. The highest BCUT2D eigenvalue weighted by Crippen LogP contribution is 2.40. The fraction of sp³-hybridized carbons (Fsp3) is 0.500.